The molecule has 0 saturated carbocycles. The normalized spacial score (nSPS) is 14.6. The smallest absolute Gasteiger partial charge is 0.253 e. The number of amides is 1. The van der Waals surface area contributed by atoms with Gasteiger partial charge >= 0.3 is 0 Å². The summed E-state index contributed by atoms with van der Waals surface area (Å²) in [4.78, 5) is 14.6. The highest BCUT2D eigenvalue weighted by atomic mass is 19.1. The molecule has 1 aliphatic rings. The summed E-state index contributed by atoms with van der Waals surface area (Å²) < 4.78 is 28.7. The number of carbonyl (C=O) groups is 1. The largest absolute Gasteiger partial charge is 0.399 e. The fraction of sp³-hybridized carbons (Fsp3) is 0.269. The maximum absolute atomic E-state index is 14.5. The van der Waals surface area contributed by atoms with Crippen LogP contribution in [-0.4, -0.2) is 25.2 Å². The van der Waals surface area contributed by atoms with Crippen LogP contribution in [0.5, 0.6) is 0 Å². The number of allylic oxidation sites excluding steroid dienone is 3. The van der Waals surface area contributed by atoms with Gasteiger partial charge in [-0.1, -0.05) is 38.1 Å². The van der Waals surface area contributed by atoms with Crippen LogP contribution in [-0.2, 0) is 4.79 Å². The summed E-state index contributed by atoms with van der Waals surface area (Å²) in [5.41, 5.74) is 9.15. The topological polar surface area (TPSA) is 58.4 Å². The van der Waals surface area contributed by atoms with E-state index in [0.29, 0.717) is 16.9 Å². The van der Waals surface area contributed by atoms with Crippen LogP contribution in [0.4, 0.5) is 25.8 Å². The lowest BCUT2D eigenvalue weighted by molar-refractivity contribution is -0.112. The average molecular weight is 440 g/mol. The molecule has 3 rings (SSSR count). The fourth-order valence-electron chi connectivity index (χ4n) is 3.36. The van der Waals surface area contributed by atoms with Crippen LogP contribution in [0.25, 0.3) is 6.08 Å². The minimum absolute atomic E-state index is 0.0146. The lowest BCUT2D eigenvalue weighted by Crippen LogP contribution is -2.35. The average Bonchev–Trinajstić information content (AvgIpc) is 2.78. The van der Waals surface area contributed by atoms with E-state index in [1.54, 1.807) is 48.2 Å². The Balaban J connectivity index is 0.00000176. The molecule has 0 aliphatic carbocycles. The second-order valence-corrected chi connectivity index (χ2v) is 7.15. The van der Waals surface area contributed by atoms with Crippen LogP contribution >= 0.6 is 0 Å². The number of para-hydroxylation sites is 1. The molecule has 0 saturated heterocycles. The van der Waals surface area contributed by atoms with Gasteiger partial charge in [0.25, 0.3) is 5.91 Å². The van der Waals surface area contributed by atoms with Crippen LogP contribution in [0.1, 0.15) is 33.3 Å². The molecule has 32 heavy (non-hydrogen) atoms. The van der Waals surface area contributed by atoms with Crippen molar-refractivity contribution in [1.29, 1.82) is 0 Å². The molecule has 0 aromatic heterocycles. The summed E-state index contributed by atoms with van der Waals surface area (Å²) in [5.74, 6) is -0.874. The first-order valence-corrected chi connectivity index (χ1v) is 10.8. The van der Waals surface area contributed by atoms with Gasteiger partial charge in [-0.3, -0.25) is 4.79 Å². The maximum atomic E-state index is 14.5. The molecule has 6 heteroatoms. The van der Waals surface area contributed by atoms with Gasteiger partial charge in [-0.15, -0.1) is 0 Å². The van der Waals surface area contributed by atoms with E-state index in [4.69, 9.17) is 5.73 Å². The third-order valence-corrected chi connectivity index (χ3v) is 4.87. The highest BCUT2D eigenvalue weighted by Gasteiger charge is 2.25. The molecule has 4 nitrogen and oxygen atoms in total. The predicted molar refractivity (Wildman–Crippen MR) is 131 cm³/mol. The third-order valence-electron chi connectivity index (χ3n) is 4.87. The van der Waals surface area contributed by atoms with E-state index in [-0.39, 0.29) is 24.6 Å². The minimum Gasteiger partial charge on any atom is -0.399 e. The number of nitrogens with two attached hydrogens (primary N) is 1. The van der Waals surface area contributed by atoms with Crippen molar-refractivity contribution >= 4 is 29.0 Å². The summed E-state index contributed by atoms with van der Waals surface area (Å²) in [6.45, 7) is 7.22. The molecule has 2 aromatic rings. The standard InChI is InChI=1S/C24H25F2N3O.C2H6/c1-3-7-22(26)21(16(2)25)15-29-14-18(12-17-13-19(27)10-11-23(17)29)24(30)28-20-8-5-4-6-9-20;1-2/h3-13,16H,14-15,27H2,1-2H3,(H,28,30);1-2H3/b7-3-,22-21+;. The van der Waals surface area contributed by atoms with E-state index in [2.05, 4.69) is 5.32 Å². The quantitative estimate of drug-likeness (QED) is 0.410. The molecule has 1 unspecified atom stereocenters. The summed E-state index contributed by atoms with van der Waals surface area (Å²) in [7, 11) is 0. The molecule has 0 radical (unpaired) electrons. The number of hydrogen-bond acceptors (Lipinski definition) is 3. The van der Waals surface area contributed by atoms with Crippen molar-refractivity contribution in [2.45, 2.75) is 33.9 Å². The van der Waals surface area contributed by atoms with E-state index < -0.39 is 12.0 Å². The Morgan fingerprint density at radius 1 is 1.22 bits per heavy atom. The number of nitrogens with zero attached hydrogens (tertiary/aromatic N) is 1. The van der Waals surface area contributed by atoms with Gasteiger partial charge in [-0.2, -0.15) is 0 Å². The van der Waals surface area contributed by atoms with Gasteiger partial charge in [0, 0.05) is 46.9 Å². The highest BCUT2D eigenvalue weighted by Crippen LogP contribution is 2.32. The van der Waals surface area contributed by atoms with Crippen LogP contribution < -0.4 is 16.0 Å². The number of nitrogen functional groups attached to an aromatic ring is 1. The molecule has 0 spiro atoms. The van der Waals surface area contributed by atoms with Gasteiger partial charge in [0.2, 0.25) is 0 Å². The van der Waals surface area contributed by atoms with Crippen LogP contribution in [0, 0.1) is 0 Å². The van der Waals surface area contributed by atoms with Gasteiger partial charge in [0.05, 0.1) is 0 Å². The van der Waals surface area contributed by atoms with Crippen molar-refractivity contribution in [1.82, 2.24) is 0 Å². The van der Waals surface area contributed by atoms with Gasteiger partial charge in [0.15, 0.2) is 0 Å². The number of anilines is 3. The third kappa shape index (κ3) is 6.30. The van der Waals surface area contributed by atoms with E-state index in [0.717, 1.165) is 11.3 Å². The maximum Gasteiger partial charge on any atom is 0.253 e. The van der Waals surface area contributed by atoms with E-state index >= 15 is 0 Å². The Labute approximate surface area is 189 Å². The molecular formula is C26H31F2N3O. The zero-order valence-electron chi connectivity index (χ0n) is 19.0. The van der Waals surface area contributed by atoms with Gasteiger partial charge in [0.1, 0.15) is 12.0 Å². The molecule has 0 fully saturated rings. The summed E-state index contributed by atoms with van der Waals surface area (Å²) in [6.07, 6.45) is 3.08. The predicted octanol–water partition coefficient (Wildman–Crippen LogP) is 6.29. The number of benzene rings is 2. The SMILES string of the molecule is C/C=C\C(F)=C(\CN1CC(C(=O)Nc2ccccc2)=Cc2cc(N)ccc21)C(C)F.CC. The monoisotopic (exact) mass is 439 g/mol. The first kappa shape index (κ1) is 24.9. The lowest BCUT2D eigenvalue weighted by Gasteiger charge is -2.32. The zero-order valence-corrected chi connectivity index (χ0v) is 19.0. The Bertz CT molecular complexity index is 1010. The molecule has 0 bridgehead atoms. The number of fused-ring (bicyclic) bond motifs is 1. The van der Waals surface area contributed by atoms with E-state index in [1.165, 1.54) is 19.1 Å². The number of nitrogens with one attached hydrogen (secondary N) is 1. The number of halogens is 2. The Morgan fingerprint density at radius 3 is 2.53 bits per heavy atom. The summed E-state index contributed by atoms with van der Waals surface area (Å²) in [6, 6.07) is 14.4. The van der Waals surface area contributed by atoms with E-state index in [1.807, 2.05) is 32.0 Å². The van der Waals surface area contributed by atoms with Crippen molar-refractivity contribution in [2.75, 3.05) is 29.0 Å². The molecule has 170 valence electrons. The Morgan fingerprint density at radius 2 is 1.91 bits per heavy atom. The Kier molecular flexibility index (Phi) is 9.20. The van der Waals surface area contributed by atoms with Crippen molar-refractivity contribution in [2.24, 2.45) is 0 Å². The first-order valence-electron chi connectivity index (χ1n) is 10.8. The van der Waals surface area contributed by atoms with Crippen molar-refractivity contribution in [3.63, 3.8) is 0 Å². The second-order valence-electron chi connectivity index (χ2n) is 7.15. The van der Waals surface area contributed by atoms with Crippen molar-refractivity contribution in [3.8, 4) is 0 Å². The molecule has 3 N–H and O–H groups in total. The molecule has 1 aliphatic heterocycles. The molecule has 1 heterocycles. The summed E-state index contributed by atoms with van der Waals surface area (Å²) in [5, 5.41) is 2.86. The van der Waals surface area contributed by atoms with Crippen LogP contribution in [0.2, 0.25) is 0 Å². The fourth-order valence-corrected chi connectivity index (χ4v) is 3.36. The van der Waals surface area contributed by atoms with Crippen molar-refractivity contribution < 1.29 is 13.6 Å². The zero-order chi connectivity index (χ0) is 23.7. The molecule has 1 atom stereocenters. The molecule has 1 amide bonds. The van der Waals surface area contributed by atoms with Crippen molar-refractivity contribution in [3.05, 3.63) is 83.2 Å². The number of carbonyl (C=O) groups excluding carboxylic acids is 1. The lowest BCUT2D eigenvalue weighted by atomic mass is 9.99. The van der Waals surface area contributed by atoms with E-state index in [9.17, 15) is 13.6 Å². The summed E-state index contributed by atoms with van der Waals surface area (Å²) >= 11 is 0. The molecule has 2 aromatic carbocycles. The second kappa shape index (κ2) is 11.8. The molecular weight excluding hydrogens is 408 g/mol. The van der Waals surface area contributed by atoms with Gasteiger partial charge in [-0.05, 0) is 56.3 Å². The number of alkyl halides is 1. The Hall–Kier alpha value is -3.41. The number of rotatable bonds is 6. The minimum atomic E-state index is -1.47. The first-order chi connectivity index (χ1) is 15.4. The van der Waals surface area contributed by atoms with Crippen LogP contribution in [0.15, 0.2) is 77.7 Å². The van der Waals surface area contributed by atoms with Gasteiger partial charge < -0.3 is 16.0 Å². The number of hydrogen-bond donors (Lipinski definition) is 2. The van der Waals surface area contributed by atoms with Crippen LogP contribution in [0.3, 0.4) is 0 Å². The highest BCUT2D eigenvalue weighted by molar-refractivity contribution is 6.08. The van der Waals surface area contributed by atoms with Gasteiger partial charge in [-0.25, -0.2) is 8.78 Å².